The number of anilines is 1. The van der Waals surface area contributed by atoms with Crippen molar-refractivity contribution in [2.24, 2.45) is 0 Å². The normalized spacial score (nSPS) is 10.9. The lowest BCUT2D eigenvalue weighted by Crippen LogP contribution is -2.01. The number of hydrogen-bond donors (Lipinski definition) is 1. The zero-order chi connectivity index (χ0) is 9.42. The highest BCUT2D eigenvalue weighted by molar-refractivity contribution is 6.29. The van der Waals surface area contributed by atoms with Gasteiger partial charge < -0.3 is 5.73 Å². The van der Waals surface area contributed by atoms with Gasteiger partial charge in [-0.1, -0.05) is 18.5 Å². The quantitative estimate of drug-likeness (QED) is 0.753. The molecule has 0 amide bonds. The van der Waals surface area contributed by atoms with Gasteiger partial charge in [0.15, 0.2) is 0 Å². The van der Waals surface area contributed by atoms with Gasteiger partial charge in [-0.25, -0.2) is 9.97 Å². The second kappa shape index (κ2) is 2.88. The van der Waals surface area contributed by atoms with E-state index in [4.69, 9.17) is 17.3 Å². The van der Waals surface area contributed by atoms with Gasteiger partial charge in [0.05, 0.1) is 6.20 Å². The first-order valence-electron chi connectivity index (χ1n) is 4.00. The molecule has 0 unspecified atom stereocenters. The molecule has 5 heteroatoms. The van der Waals surface area contributed by atoms with Crippen LogP contribution in [0.3, 0.4) is 0 Å². The van der Waals surface area contributed by atoms with Crippen molar-refractivity contribution in [2.75, 3.05) is 5.73 Å². The predicted octanol–water partition coefficient (Wildman–Crippen LogP) is 1.53. The molecular formula is C8H9ClN4. The molecule has 2 aromatic heterocycles. The van der Waals surface area contributed by atoms with E-state index >= 15 is 0 Å². The predicted molar refractivity (Wildman–Crippen MR) is 51.8 cm³/mol. The van der Waals surface area contributed by atoms with Crippen molar-refractivity contribution in [1.82, 2.24) is 14.4 Å². The van der Waals surface area contributed by atoms with Crippen LogP contribution in [0.4, 0.5) is 5.82 Å². The van der Waals surface area contributed by atoms with E-state index < -0.39 is 0 Å². The third kappa shape index (κ3) is 1.23. The maximum Gasteiger partial charge on any atom is 0.236 e. The highest BCUT2D eigenvalue weighted by atomic mass is 35.5. The van der Waals surface area contributed by atoms with Gasteiger partial charge in [-0.3, -0.25) is 4.40 Å². The van der Waals surface area contributed by atoms with E-state index in [0.717, 1.165) is 12.1 Å². The number of hydrogen-bond acceptors (Lipinski definition) is 3. The van der Waals surface area contributed by atoms with Crippen molar-refractivity contribution in [3.05, 3.63) is 23.1 Å². The monoisotopic (exact) mass is 196 g/mol. The molecule has 0 radical (unpaired) electrons. The van der Waals surface area contributed by atoms with Gasteiger partial charge in [0.1, 0.15) is 11.0 Å². The van der Waals surface area contributed by atoms with Gasteiger partial charge in [-0.05, 0) is 6.42 Å². The van der Waals surface area contributed by atoms with Crippen LogP contribution in [0.1, 0.15) is 12.6 Å². The van der Waals surface area contributed by atoms with E-state index in [9.17, 15) is 0 Å². The largest absolute Gasteiger partial charge is 0.385 e. The van der Waals surface area contributed by atoms with Crippen LogP contribution in [-0.2, 0) is 6.42 Å². The number of rotatable bonds is 1. The van der Waals surface area contributed by atoms with Gasteiger partial charge in [0.25, 0.3) is 0 Å². The third-order valence-corrected chi connectivity index (χ3v) is 2.15. The van der Waals surface area contributed by atoms with Crippen molar-refractivity contribution >= 4 is 23.2 Å². The lowest BCUT2D eigenvalue weighted by molar-refractivity contribution is 0.999. The topological polar surface area (TPSA) is 56.2 Å². The average molecular weight is 197 g/mol. The molecule has 0 spiro atoms. The molecule has 2 aromatic rings. The lowest BCUT2D eigenvalue weighted by Gasteiger charge is -2.02. The number of aryl methyl sites for hydroxylation is 1. The minimum Gasteiger partial charge on any atom is -0.385 e. The van der Waals surface area contributed by atoms with Crippen LogP contribution >= 0.6 is 11.6 Å². The number of nitrogens with two attached hydrogens (primary N) is 1. The van der Waals surface area contributed by atoms with Crippen LogP contribution in [0.5, 0.6) is 0 Å². The van der Waals surface area contributed by atoms with Crippen LogP contribution < -0.4 is 5.73 Å². The number of fused-ring (bicyclic) bond motifs is 1. The molecule has 2 N–H and O–H groups in total. The molecule has 2 heterocycles. The minimum absolute atomic E-state index is 0.489. The van der Waals surface area contributed by atoms with Crippen molar-refractivity contribution in [3.8, 4) is 0 Å². The first-order chi connectivity index (χ1) is 6.22. The second-order valence-electron chi connectivity index (χ2n) is 2.74. The smallest absolute Gasteiger partial charge is 0.236 e. The molecule has 0 aliphatic heterocycles. The van der Waals surface area contributed by atoms with Crippen LogP contribution in [0.15, 0.2) is 12.3 Å². The summed E-state index contributed by atoms with van der Waals surface area (Å²) in [6.07, 6.45) is 2.38. The first kappa shape index (κ1) is 8.31. The van der Waals surface area contributed by atoms with Crippen LogP contribution in [-0.4, -0.2) is 14.4 Å². The summed E-state index contributed by atoms with van der Waals surface area (Å²) in [4.78, 5) is 8.29. The molecule has 0 fully saturated rings. The summed E-state index contributed by atoms with van der Waals surface area (Å²) in [6, 6.07) is 1.81. The molecule has 13 heavy (non-hydrogen) atoms. The van der Waals surface area contributed by atoms with Crippen LogP contribution in [0.2, 0.25) is 5.15 Å². The number of nitrogen functional groups attached to an aromatic ring is 1. The lowest BCUT2D eigenvalue weighted by atomic mass is 10.3. The number of nitrogens with zero attached hydrogens (tertiary/aromatic N) is 3. The summed E-state index contributed by atoms with van der Waals surface area (Å²) in [5.41, 5.74) is 6.70. The maximum absolute atomic E-state index is 5.85. The van der Waals surface area contributed by atoms with Gasteiger partial charge in [0, 0.05) is 11.8 Å². The molecule has 0 bridgehead atoms. The number of aromatic nitrogens is 3. The first-order valence-corrected chi connectivity index (χ1v) is 4.38. The molecule has 0 aromatic carbocycles. The van der Waals surface area contributed by atoms with Gasteiger partial charge in [-0.2, -0.15) is 0 Å². The maximum atomic E-state index is 5.85. The Balaban J connectivity index is 2.79. The fourth-order valence-electron chi connectivity index (χ4n) is 1.22. The highest BCUT2D eigenvalue weighted by Gasteiger charge is 2.06. The molecule has 2 rings (SSSR count). The zero-order valence-corrected chi connectivity index (χ0v) is 7.91. The summed E-state index contributed by atoms with van der Waals surface area (Å²) in [6.45, 7) is 2.02. The van der Waals surface area contributed by atoms with E-state index in [1.165, 1.54) is 0 Å². The molecule has 0 aliphatic rings. The van der Waals surface area contributed by atoms with E-state index in [0.29, 0.717) is 16.7 Å². The third-order valence-electron chi connectivity index (χ3n) is 1.88. The molecule has 68 valence electrons. The van der Waals surface area contributed by atoms with Gasteiger partial charge in [0.2, 0.25) is 5.78 Å². The van der Waals surface area contributed by atoms with Crippen molar-refractivity contribution in [2.45, 2.75) is 13.3 Å². The van der Waals surface area contributed by atoms with E-state index in [-0.39, 0.29) is 0 Å². The Morgan fingerprint density at radius 1 is 1.62 bits per heavy atom. The van der Waals surface area contributed by atoms with Crippen molar-refractivity contribution in [1.29, 1.82) is 0 Å². The van der Waals surface area contributed by atoms with Crippen molar-refractivity contribution < 1.29 is 0 Å². The summed E-state index contributed by atoms with van der Waals surface area (Å²) in [5, 5.41) is 0.489. The Morgan fingerprint density at radius 2 is 2.38 bits per heavy atom. The Hall–Kier alpha value is -1.29. The minimum atomic E-state index is 0.489. The number of imidazole rings is 1. The summed E-state index contributed by atoms with van der Waals surface area (Å²) >= 11 is 5.85. The van der Waals surface area contributed by atoms with E-state index in [2.05, 4.69) is 9.97 Å². The zero-order valence-electron chi connectivity index (χ0n) is 7.16. The summed E-state index contributed by atoms with van der Waals surface area (Å²) in [5.74, 6) is 1.13. The molecule has 0 saturated heterocycles. The van der Waals surface area contributed by atoms with Gasteiger partial charge in [-0.15, -0.1) is 0 Å². The van der Waals surface area contributed by atoms with Gasteiger partial charge >= 0.3 is 0 Å². The Morgan fingerprint density at radius 3 is 3.08 bits per heavy atom. The summed E-state index contributed by atoms with van der Waals surface area (Å²) < 4.78 is 1.61. The molecular weight excluding hydrogens is 188 g/mol. The average Bonchev–Trinajstić information content (AvgIpc) is 2.48. The van der Waals surface area contributed by atoms with E-state index in [1.807, 2.05) is 6.92 Å². The second-order valence-corrected chi connectivity index (χ2v) is 3.13. The number of halogens is 1. The fourth-order valence-corrected chi connectivity index (χ4v) is 1.44. The highest BCUT2D eigenvalue weighted by Crippen LogP contribution is 2.16. The van der Waals surface area contributed by atoms with Crippen LogP contribution in [0, 0.1) is 0 Å². The Kier molecular flexibility index (Phi) is 1.84. The summed E-state index contributed by atoms with van der Waals surface area (Å²) in [7, 11) is 0. The molecule has 0 saturated carbocycles. The Bertz CT molecular complexity index is 449. The molecule has 0 aliphatic carbocycles. The SMILES string of the molecule is CCc1cc(N)n2c(Cl)cnc2n1. The van der Waals surface area contributed by atoms with Crippen molar-refractivity contribution in [3.63, 3.8) is 0 Å². The fraction of sp³-hybridized carbons (Fsp3) is 0.250. The molecule has 0 atom stereocenters. The van der Waals surface area contributed by atoms with Crippen LogP contribution in [0.25, 0.3) is 5.78 Å². The Labute approximate surface area is 80.4 Å². The van der Waals surface area contributed by atoms with E-state index in [1.54, 1.807) is 16.7 Å². The molecule has 4 nitrogen and oxygen atoms in total. The standard InChI is InChI=1S/C8H9ClN4/c1-2-5-3-7(10)13-6(9)4-11-8(13)12-5/h3-4H,2,10H2,1H3.